The summed E-state index contributed by atoms with van der Waals surface area (Å²) in [4.78, 5) is 13.0. The summed E-state index contributed by atoms with van der Waals surface area (Å²) >= 11 is 0. The van der Waals surface area contributed by atoms with E-state index in [0.29, 0.717) is 36.0 Å². The van der Waals surface area contributed by atoms with E-state index in [1.165, 1.54) is 5.56 Å². The second-order valence-electron chi connectivity index (χ2n) is 8.99. The van der Waals surface area contributed by atoms with Gasteiger partial charge in [-0.2, -0.15) is 0 Å². The quantitative estimate of drug-likeness (QED) is 0.779. The van der Waals surface area contributed by atoms with Crippen molar-refractivity contribution >= 4 is 5.91 Å². The van der Waals surface area contributed by atoms with Crippen molar-refractivity contribution in [3.05, 3.63) is 35.9 Å². The van der Waals surface area contributed by atoms with Gasteiger partial charge in [-0.15, -0.1) is 0 Å². The number of rotatable bonds is 7. The van der Waals surface area contributed by atoms with Crippen molar-refractivity contribution in [2.75, 3.05) is 6.54 Å². The Morgan fingerprint density at radius 2 is 1.92 bits per heavy atom. The summed E-state index contributed by atoms with van der Waals surface area (Å²) in [6, 6.07) is 10.7. The lowest BCUT2D eigenvalue weighted by Crippen LogP contribution is -2.45. The number of benzene rings is 1. The topological polar surface area (TPSA) is 49.3 Å². The highest BCUT2D eigenvalue weighted by molar-refractivity contribution is 5.78. The van der Waals surface area contributed by atoms with Gasteiger partial charge in [-0.05, 0) is 54.4 Å². The van der Waals surface area contributed by atoms with E-state index < -0.39 is 0 Å². The first-order valence-electron chi connectivity index (χ1n) is 10.6. The summed E-state index contributed by atoms with van der Waals surface area (Å²) in [6.07, 6.45) is 5.94. The van der Waals surface area contributed by atoms with E-state index in [0.717, 1.165) is 38.6 Å². The van der Waals surface area contributed by atoms with Crippen LogP contribution in [0.15, 0.2) is 30.3 Å². The predicted octanol–water partition coefficient (Wildman–Crippen LogP) is 3.90. The van der Waals surface area contributed by atoms with E-state index in [1.54, 1.807) is 0 Å². The van der Waals surface area contributed by atoms with Gasteiger partial charge in [0.15, 0.2) is 0 Å². The van der Waals surface area contributed by atoms with Gasteiger partial charge in [0.25, 0.3) is 0 Å². The highest BCUT2D eigenvalue weighted by Gasteiger charge is 2.66. The molecule has 4 aliphatic rings. The molecule has 0 spiro atoms. The van der Waals surface area contributed by atoms with Gasteiger partial charge in [-0.3, -0.25) is 4.79 Å². The maximum absolute atomic E-state index is 13.0. The average Bonchev–Trinajstić information content (AvgIpc) is 2.99. The van der Waals surface area contributed by atoms with Crippen LogP contribution in [0.5, 0.6) is 0 Å². The number of aliphatic hydroxyl groups excluding tert-OH is 1. The molecular weight excluding hydrogens is 322 g/mol. The molecular formula is C23H33NO2. The van der Waals surface area contributed by atoms with Crippen molar-refractivity contribution in [3.8, 4) is 0 Å². The van der Waals surface area contributed by atoms with Crippen LogP contribution in [0, 0.1) is 29.6 Å². The van der Waals surface area contributed by atoms with Gasteiger partial charge in [-0.1, -0.05) is 57.0 Å². The first kappa shape index (κ1) is 18.0. The molecule has 5 rings (SSSR count). The molecule has 1 aromatic rings. The van der Waals surface area contributed by atoms with Gasteiger partial charge in [0, 0.05) is 18.4 Å². The first-order valence-corrected chi connectivity index (χ1v) is 10.6. The molecule has 4 fully saturated rings. The molecule has 1 amide bonds. The van der Waals surface area contributed by atoms with Crippen molar-refractivity contribution in [1.29, 1.82) is 0 Å². The zero-order chi connectivity index (χ0) is 18.3. The Kier molecular flexibility index (Phi) is 4.85. The van der Waals surface area contributed by atoms with Crippen molar-refractivity contribution in [3.63, 3.8) is 0 Å². The third-order valence-corrected chi connectivity index (χ3v) is 8.04. The minimum atomic E-state index is -0.144. The summed E-state index contributed by atoms with van der Waals surface area (Å²) < 4.78 is 0. The minimum Gasteiger partial charge on any atom is -0.393 e. The standard InChI is InChI=1S/C23H33NO2/c1-3-15(4-2)14-24-21(25)13-23(17-8-6-5-7-9-17)18-10-16-11-20(23)19(12-18)22(16)26/h5-9,15-16,18-20,22,26H,3-4,10-14H2,1-2H3,(H,24,25). The number of aliphatic hydroxyl groups is 1. The zero-order valence-corrected chi connectivity index (χ0v) is 16.2. The maximum atomic E-state index is 13.0. The van der Waals surface area contributed by atoms with E-state index in [4.69, 9.17) is 0 Å². The molecule has 1 aromatic carbocycles. The van der Waals surface area contributed by atoms with E-state index in [2.05, 4.69) is 49.5 Å². The van der Waals surface area contributed by atoms with Crippen LogP contribution in [0.25, 0.3) is 0 Å². The van der Waals surface area contributed by atoms with Crippen molar-refractivity contribution < 1.29 is 9.90 Å². The van der Waals surface area contributed by atoms with E-state index in [-0.39, 0.29) is 17.4 Å². The first-order chi connectivity index (χ1) is 12.6. The van der Waals surface area contributed by atoms with Crippen LogP contribution in [-0.4, -0.2) is 23.7 Å². The summed E-state index contributed by atoms with van der Waals surface area (Å²) in [5.74, 6) is 2.64. The van der Waals surface area contributed by atoms with E-state index in [1.807, 2.05) is 0 Å². The maximum Gasteiger partial charge on any atom is 0.220 e. The highest BCUT2D eigenvalue weighted by Crippen LogP contribution is 2.68. The second kappa shape index (κ2) is 6.99. The zero-order valence-electron chi connectivity index (χ0n) is 16.2. The Labute approximate surface area is 157 Å². The Morgan fingerprint density at radius 3 is 2.62 bits per heavy atom. The van der Waals surface area contributed by atoms with Gasteiger partial charge in [0.2, 0.25) is 5.91 Å². The molecule has 3 heteroatoms. The molecule has 0 radical (unpaired) electrons. The fourth-order valence-corrected chi connectivity index (χ4v) is 6.61. The van der Waals surface area contributed by atoms with Crippen molar-refractivity contribution in [2.24, 2.45) is 29.6 Å². The van der Waals surface area contributed by atoms with Crippen molar-refractivity contribution in [1.82, 2.24) is 5.32 Å². The monoisotopic (exact) mass is 355 g/mol. The largest absolute Gasteiger partial charge is 0.393 e. The Bertz CT molecular complexity index is 637. The summed E-state index contributed by atoms with van der Waals surface area (Å²) in [5, 5.41) is 13.9. The smallest absolute Gasteiger partial charge is 0.220 e. The van der Waals surface area contributed by atoms with Gasteiger partial charge in [-0.25, -0.2) is 0 Å². The van der Waals surface area contributed by atoms with Crippen LogP contribution < -0.4 is 5.32 Å². The summed E-state index contributed by atoms with van der Waals surface area (Å²) in [6.45, 7) is 5.18. The molecule has 0 aromatic heterocycles. The number of carbonyl (C=O) groups is 1. The van der Waals surface area contributed by atoms with E-state index >= 15 is 0 Å². The molecule has 0 heterocycles. The van der Waals surface area contributed by atoms with Crippen molar-refractivity contribution in [2.45, 2.75) is 63.9 Å². The molecule has 4 aliphatic carbocycles. The number of hydrogen-bond donors (Lipinski definition) is 2. The van der Waals surface area contributed by atoms with Crippen LogP contribution in [0.1, 0.15) is 57.9 Å². The fraction of sp³-hybridized carbons (Fsp3) is 0.696. The van der Waals surface area contributed by atoms with E-state index in [9.17, 15) is 9.90 Å². The molecule has 0 saturated heterocycles. The predicted molar refractivity (Wildman–Crippen MR) is 104 cm³/mol. The molecule has 3 nitrogen and oxygen atoms in total. The highest BCUT2D eigenvalue weighted by atomic mass is 16.3. The molecule has 4 saturated carbocycles. The third kappa shape index (κ3) is 2.70. The fourth-order valence-electron chi connectivity index (χ4n) is 6.61. The molecule has 6 unspecified atom stereocenters. The van der Waals surface area contributed by atoms with Crippen LogP contribution in [-0.2, 0) is 10.2 Å². The normalized spacial score (nSPS) is 37.5. The Balaban J connectivity index is 1.59. The Hall–Kier alpha value is -1.35. The van der Waals surface area contributed by atoms with Gasteiger partial charge in [0.05, 0.1) is 6.10 Å². The van der Waals surface area contributed by atoms with Crippen LogP contribution in [0.2, 0.25) is 0 Å². The summed E-state index contributed by atoms with van der Waals surface area (Å²) in [7, 11) is 0. The number of hydrogen-bond acceptors (Lipinski definition) is 2. The van der Waals surface area contributed by atoms with Gasteiger partial charge < -0.3 is 10.4 Å². The lowest BCUT2D eigenvalue weighted by molar-refractivity contribution is -0.123. The molecule has 26 heavy (non-hydrogen) atoms. The lowest BCUT2D eigenvalue weighted by Gasteiger charge is -2.45. The molecule has 142 valence electrons. The molecule has 6 atom stereocenters. The summed E-state index contributed by atoms with van der Waals surface area (Å²) in [5.41, 5.74) is 1.25. The van der Waals surface area contributed by atoms with Crippen LogP contribution >= 0.6 is 0 Å². The third-order valence-electron chi connectivity index (χ3n) is 8.04. The number of nitrogens with one attached hydrogen (secondary N) is 1. The van der Waals surface area contributed by atoms with Gasteiger partial charge in [0.1, 0.15) is 0 Å². The average molecular weight is 356 g/mol. The van der Waals surface area contributed by atoms with Crippen LogP contribution in [0.3, 0.4) is 0 Å². The lowest BCUT2D eigenvalue weighted by atomic mass is 9.59. The number of amides is 1. The second-order valence-corrected chi connectivity index (χ2v) is 8.99. The van der Waals surface area contributed by atoms with Gasteiger partial charge >= 0.3 is 0 Å². The number of carbonyl (C=O) groups excluding carboxylic acids is 1. The minimum absolute atomic E-state index is 0.0715. The molecule has 4 bridgehead atoms. The Morgan fingerprint density at radius 1 is 1.19 bits per heavy atom. The SMILES string of the molecule is CCC(CC)CNC(=O)CC1(c2ccccc2)C2CC3CC1C(C2)C3O. The molecule has 0 aliphatic heterocycles. The molecule has 2 N–H and O–H groups in total. The van der Waals surface area contributed by atoms with Crippen LogP contribution in [0.4, 0.5) is 0 Å².